The Bertz CT molecular complexity index is 577. The minimum absolute atomic E-state index is 0.0564. The van der Waals surface area contributed by atoms with Crippen molar-refractivity contribution in [2.45, 2.75) is 12.8 Å². The molecule has 2 aromatic rings. The Morgan fingerprint density at radius 3 is 3.06 bits per heavy atom. The number of hydrogen-bond acceptors (Lipinski definition) is 3. The largest absolute Gasteiger partial charge is 0.398 e. The molecule has 1 amide bonds. The van der Waals surface area contributed by atoms with Crippen LogP contribution in [-0.4, -0.2) is 22.6 Å². The van der Waals surface area contributed by atoms with E-state index in [0.717, 1.165) is 29.8 Å². The Balaban J connectivity index is 2.02. The van der Waals surface area contributed by atoms with Gasteiger partial charge in [-0.15, -0.1) is 0 Å². The van der Waals surface area contributed by atoms with Gasteiger partial charge in [0.25, 0.3) is 5.91 Å². The third-order valence-corrected chi connectivity index (χ3v) is 3.26. The van der Waals surface area contributed by atoms with Crippen LogP contribution in [0.4, 0.5) is 11.4 Å². The average molecular weight is 242 g/mol. The predicted octanol–water partition coefficient (Wildman–Crippen LogP) is 1.58. The first kappa shape index (κ1) is 10.8. The molecule has 2 heterocycles. The first-order chi connectivity index (χ1) is 8.77. The molecule has 92 valence electrons. The van der Waals surface area contributed by atoms with Crippen LogP contribution >= 0.6 is 0 Å². The Morgan fingerprint density at radius 2 is 2.28 bits per heavy atom. The number of nitrogen functional groups attached to an aromatic ring is 1. The molecular weight excluding hydrogens is 228 g/mol. The maximum atomic E-state index is 12.3. The summed E-state index contributed by atoms with van der Waals surface area (Å²) in [6.45, 7) is 0.717. The predicted molar refractivity (Wildman–Crippen MR) is 69.4 cm³/mol. The zero-order valence-corrected chi connectivity index (χ0v) is 9.89. The van der Waals surface area contributed by atoms with Crippen LogP contribution < -0.4 is 10.6 Å². The van der Waals surface area contributed by atoms with Crippen LogP contribution in [0.2, 0.25) is 0 Å². The molecule has 0 fully saturated rings. The number of carbonyl (C=O) groups is 1. The standard InChI is InChI=1S/C13H14N4O/c14-10-4-1-5-12-9(10)3-2-8-17(12)13(18)11-6-7-15-16-11/h1,4-7H,2-3,8,14H2,(H,15,16). The summed E-state index contributed by atoms with van der Waals surface area (Å²) in [6, 6.07) is 7.39. The molecule has 1 aromatic carbocycles. The molecule has 0 aliphatic carbocycles. The van der Waals surface area contributed by atoms with Crippen LogP contribution in [0.25, 0.3) is 0 Å². The number of benzene rings is 1. The number of aromatic amines is 1. The Labute approximate surface area is 105 Å². The van der Waals surface area contributed by atoms with Gasteiger partial charge in [-0.3, -0.25) is 9.89 Å². The topological polar surface area (TPSA) is 75.0 Å². The fraction of sp³-hybridized carbons (Fsp3) is 0.231. The third-order valence-electron chi connectivity index (χ3n) is 3.26. The summed E-state index contributed by atoms with van der Waals surface area (Å²) in [5, 5.41) is 6.52. The van der Waals surface area contributed by atoms with E-state index in [-0.39, 0.29) is 5.91 Å². The summed E-state index contributed by atoms with van der Waals surface area (Å²) in [6.07, 6.45) is 3.44. The maximum absolute atomic E-state index is 12.3. The lowest BCUT2D eigenvalue weighted by Gasteiger charge is -2.29. The molecule has 1 aliphatic rings. The molecule has 0 saturated carbocycles. The van der Waals surface area contributed by atoms with E-state index in [1.54, 1.807) is 17.2 Å². The summed E-state index contributed by atoms with van der Waals surface area (Å²) in [5.41, 5.74) is 9.21. The quantitative estimate of drug-likeness (QED) is 0.745. The normalized spacial score (nSPS) is 14.3. The average Bonchev–Trinajstić information content (AvgIpc) is 2.92. The van der Waals surface area contributed by atoms with Crippen molar-refractivity contribution in [1.29, 1.82) is 0 Å². The number of amides is 1. The lowest BCUT2D eigenvalue weighted by Crippen LogP contribution is -2.36. The number of anilines is 2. The van der Waals surface area contributed by atoms with E-state index in [1.165, 1.54) is 0 Å². The summed E-state index contributed by atoms with van der Waals surface area (Å²) >= 11 is 0. The lowest BCUT2D eigenvalue weighted by atomic mass is 9.99. The molecule has 1 aromatic heterocycles. The number of nitrogens with two attached hydrogens (primary N) is 1. The van der Waals surface area contributed by atoms with Gasteiger partial charge < -0.3 is 10.6 Å². The summed E-state index contributed by atoms with van der Waals surface area (Å²) < 4.78 is 0. The van der Waals surface area contributed by atoms with Gasteiger partial charge in [0.15, 0.2) is 0 Å². The molecular formula is C13H14N4O. The molecule has 18 heavy (non-hydrogen) atoms. The maximum Gasteiger partial charge on any atom is 0.276 e. The Morgan fingerprint density at radius 1 is 1.39 bits per heavy atom. The van der Waals surface area contributed by atoms with Gasteiger partial charge in [0.05, 0.1) is 0 Å². The minimum Gasteiger partial charge on any atom is -0.398 e. The van der Waals surface area contributed by atoms with Gasteiger partial charge in [-0.1, -0.05) is 6.07 Å². The summed E-state index contributed by atoms with van der Waals surface area (Å²) in [4.78, 5) is 14.1. The molecule has 5 heteroatoms. The second-order valence-corrected chi connectivity index (χ2v) is 4.38. The first-order valence-corrected chi connectivity index (χ1v) is 5.96. The Hall–Kier alpha value is -2.30. The molecule has 0 radical (unpaired) electrons. The highest BCUT2D eigenvalue weighted by Crippen LogP contribution is 2.31. The number of nitrogens with one attached hydrogen (secondary N) is 1. The van der Waals surface area contributed by atoms with Crippen LogP contribution in [0.5, 0.6) is 0 Å². The molecule has 0 bridgehead atoms. The highest BCUT2D eigenvalue weighted by atomic mass is 16.2. The van der Waals surface area contributed by atoms with E-state index < -0.39 is 0 Å². The van der Waals surface area contributed by atoms with Gasteiger partial charge in [-0.2, -0.15) is 5.10 Å². The van der Waals surface area contributed by atoms with Crippen molar-refractivity contribution >= 4 is 17.3 Å². The number of nitrogens with zero attached hydrogens (tertiary/aromatic N) is 2. The van der Waals surface area contributed by atoms with Crippen LogP contribution in [0.3, 0.4) is 0 Å². The number of aromatic nitrogens is 2. The second kappa shape index (κ2) is 4.18. The number of hydrogen-bond donors (Lipinski definition) is 2. The monoisotopic (exact) mass is 242 g/mol. The molecule has 3 rings (SSSR count). The molecule has 0 spiro atoms. The van der Waals surface area contributed by atoms with E-state index in [1.807, 2.05) is 18.2 Å². The number of rotatable bonds is 1. The summed E-state index contributed by atoms with van der Waals surface area (Å²) in [7, 11) is 0. The molecule has 3 N–H and O–H groups in total. The van der Waals surface area contributed by atoms with Crippen molar-refractivity contribution in [2.75, 3.05) is 17.2 Å². The van der Waals surface area contributed by atoms with Gasteiger partial charge in [0.1, 0.15) is 5.69 Å². The highest BCUT2D eigenvalue weighted by Gasteiger charge is 2.25. The molecule has 5 nitrogen and oxygen atoms in total. The van der Waals surface area contributed by atoms with Crippen LogP contribution in [0.15, 0.2) is 30.5 Å². The molecule has 0 saturated heterocycles. The number of H-pyrrole nitrogens is 1. The van der Waals surface area contributed by atoms with Gasteiger partial charge in [-0.25, -0.2) is 0 Å². The second-order valence-electron chi connectivity index (χ2n) is 4.38. The van der Waals surface area contributed by atoms with Gasteiger partial charge in [-0.05, 0) is 36.6 Å². The molecule has 1 aliphatic heterocycles. The van der Waals surface area contributed by atoms with E-state index in [2.05, 4.69) is 10.2 Å². The van der Waals surface area contributed by atoms with Gasteiger partial charge in [0, 0.05) is 24.1 Å². The van der Waals surface area contributed by atoms with Crippen molar-refractivity contribution < 1.29 is 4.79 Å². The SMILES string of the molecule is Nc1cccc2c1CCCN2C(=O)c1ccn[nH]1. The lowest BCUT2D eigenvalue weighted by molar-refractivity contribution is 0.0980. The van der Waals surface area contributed by atoms with Gasteiger partial charge >= 0.3 is 0 Å². The minimum atomic E-state index is -0.0564. The van der Waals surface area contributed by atoms with Crippen molar-refractivity contribution in [2.24, 2.45) is 0 Å². The van der Waals surface area contributed by atoms with E-state index in [9.17, 15) is 4.79 Å². The highest BCUT2D eigenvalue weighted by molar-refractivity contribution is 6.05. The third kappa shape index (κ3) is 1.64. The van der Waals surface area contributed by atoms with Crippen LogP contribution in [0.1, 0.15) is 22.5 Å². The van der Waals surface area contributed by atoms with Crippen molar-refractivity contribution in [3.05, 3.63) is 41.7 Å². The Kier molecular flexibility index (Phi) is 2.51. The number of fused-ring (bicyclic) bond motifs is 1. The fourth-order valence-corrected chi connectivity index (χ4v) is 2.38. The molecule has 0 atom stereocenters. The van der Waals surface area contributed by atoms with Crippen LogP contribution in [0, 0.1) is 0 Å². The van der Waals surface area contributed by atoms with Crippen molar-refractivity contribution in [1.82, 2.24) is 10.2 Å². The smallest absolute Gasteiger partial charge is 0.276 e. The van der Waals surface area contributed by atoms with E-state index >= 15 is 0 Å². The van der Waals surface area contributed by atoms with Gasteiger partial charge in [0.2, 0.25) is 0 Å². The molecule has 0 unspecified atom stereocenters. The van der Waals surface area contributed by atoms with Crippen molar-refractivity contribution in [3.8, 4) is 0 Å². The van der Waals surface area contributed by atoms with Crippen LogP contribution in [-0.2, 0) is 6.42 Å². The first-order valence-electron chi connectivity index (χ1n) is 5.96. The number of carbonyl (C=O) groups excluding carboxylic acids is 1. The fourth-order valence-electron chi connectivity index (χ4n) is 2.38. The zero-order valence-electron chi connectivity index (χ0n) is 9.89. The van der Waals surface area contributed by atoms with E-state index in [0.29, 0.717) is 12.2 Å². The zero-order chi connectivity index (χ0) is 12.5. The van der Waals surface area contributed by atoms with Crippen molar-refractivity contribution in [3.63, 3.8) is 0 Å². The van der Waals surface area contributed by atoms with E-state index in [4.69, 9.17) is 5.73 Å². The summed E-state index contributed by atoms with van der Waals surface area (Å²) in [5.74, 6) is -0.0564.